The van der Waals surface area contributed by atoms with Crippen molar-refractivity contribution in [1.29, 1.82) is 0 Å². The van der Waals surface area contributed by atoms with Crippen LogP contribution in [-0.2, 0) is 23.8 Å². The van der Waals surface area contributed by atoms with Crippen molar-refractivity contribution in [2.45, 2.75) is 39.8 Å². The molecule has 9 nitrogen and oxygen atoms in total. The van der Waals surface area contributed by atoms with Gasteiger partial charge in [0.05, 0.1) is 12.2 Å². The summed E-state index contributed by atoms with van der Waals surface area (Å²) in [5.41, 5.74) is 1.99. The summed E-state index contributed by atoms with van der Waals surface area (Å²) < 4.78 is 33.0. The Hall–Kier alpha value is -3.47. The predicted octanol–water partition coefficient (Wildman–Crippen LogP) is 2.80. The number of amides is 1. The predicted molar refractivity (Wildman–Crippen MR) is 120 cm³/mol. The molecule has 1 fully saturated rings. The molecule has 1 aromatic carbocycles. The van der Waals surface area contributed by atoms with Crippen molar-refractivity contribution in [2.24, 2.45) is 0 Å². The van der Waals surface area contributed by atoms with Gasteiger partial charge in [0.25, 0.3) is 5.92 Å². The van der Waals surface area contributed by atoms with E-state index in [-0.39, 0.29) is 18.0 Å². The summed E-state index contributed by atoms with van der Waals surface area (Å²) in [5.74, 6) is -1.98. The maximum absolute atomic E-state index is 13.9. The van der Waals surface area contributed by atoms with E-state index in [1.807, 2.05) is 6.92 Å². The minimum Gasteiger partial charge on any atom is -0.449 e. The molecule has 0 saturated carbocycles. The molecule has 2 aromatic heterocycles. The number of tetrazole rings is 1. The van der Waals surface area contributed by atoms with E-state index in [4.69, 9.17) is 4.42 Å². The van der Waals surface area contributed by atoms with Gasteiger partial charge < -0.3 is 9.32 Å². The molecule has 1 amide bonds. The fourth-order valence-electron chi connectivity index (χ4n) is 3.82. The molecule has 0 aliphatic carbocycles. The van der Waals surface area contributed by atoms with Crippen LogP contribution in [0.1, 0.15) is 41.0 Å². The number of oxazole rings is 1. The first-order chi connectivity index (χ1) is 16.2. The van der Waals surface area contributed by atoms with Crippen molar-refractivity contribution >= 4 is 12.0 Å². The van der Waals surface area contributed by atoms with Gasteiger partial charge in [-0.2, -0.15) is 4.80 Å². The molecule has 4 rings (SSSR count). The Balaban J connectivity index is 1.42. The average Bonchev–Trinajstić information content (AvgIpc) is 3.39. The van der Waals surface area contributed by atoms with Crippen LogP contribution in [0.4, 0.5) is 8.78 Å². The Kier molecular flexibility index (Phi) is 6.82. The number of aryl methyl sites for hydroxylation is 2. The zero-order valence-electron chi connectivity index (χ0n) is 19.4. The summed E-state index contributed by atoms with van der Waals surface area (Å²) in [6.07, 6.45) is 4.80. The van der Waals surface area contributed by atoms with E-state index in [0.717, 1.165) is 25.7 Å². The summed E-state index contributed by atoms with van der Waals surface area (Å²) in [4.78, 5) is 22.4. The maximum Gasteiger partial charge on any atom is 0.270 e. The molecule has 180 valence electrons. The van der Waals surface area contributed by atoms with Crippen LogP contribution in [0.2, 0.25) is 0 Å². The molecule has 0 spiro atoms. The number of carbonyl (C=O) groups excluding carboxylic acids is 1. The van der Waals surface area contributed by atoms with E-state index >= 15 is 0 Å². The Morgan fingerprint density at radius 3 is 2.56 bits per heavy atom. The van der Waals surface area contributed by atoms with E-state index in [9.17, 15) is 13.6 Å². The molecular weight excluding hydrogens is 444 g/mol. The standard InChI is InChI=1S/C23H27F2N7O2/c1-16-27-29-32(28-16)13-19-12-20(23(3,24)25)6-4-18(19)5-7-22(33)31-10-8-30(9-11-31)14-21-15-34-17(2)26-21/h4-7,12,15H,8-11,13-14H2,1-3H3. The lowest BCUT2D eigenvalue weighted by Crippen LogP contribution is -2.47. The lowest BCUT2D eigenvalue weighted by molar-refractivity contribution is -0.127. The van der Waals surface area contributed by atoms with Crippen molar-refractivity contribution in [3.05, 3.63) is 64.6 Å². The van der Waals surface area contributed by atoms with Crippen LogP contribution in [0.3, 0.4) is 0 Å². The lowest BCUT2D eigenvalue weighted by atomic mass is 10.0. The second-order valence-corrected chi connectivity index (χ2v) is 8.46. The van der Waals surface area contributed by atoms with Crippen LogP contribution in [0.15, 0.2) is 35.0 Å². The maximum atomic E-state index is 13.9. The molecule has 0 N–H and O–H groups in total. The number of halogens is 2. The van der Waals surface area contributed by atoms with Crippen molar-refractivity contribution in [3.63, 3.8) is 0 Å². The number of hydrogen-bond acceptors (Lipinski definition) is 7. The fraction of sp³-hybridized carbons (Fsp3) is 0.435. The topological polar surface area (TPSA) is 93.2 Å². The third kappa shape index (κ3) is 5.90. The zero-order chi connectivity index (χ0) is 24.3. The van der Waals surface area contributed by atoms with Gasteiger partial charge in [0, 0.05) is 58.2 Å². The number of piperazine rings is 1. The van der Waals surface area contributed by atoms with Crippen molar-refractivity contribution < 1.29 is 18.0 Å². The Morgan fingerprint density at radius 1 is 1.18 bits per heavy atom. The zero-order valence-corrected chi connectivity index (χ0v) is 19.4. The summed E-state index contributed by atoms with van der Waals surface area (Å²) in [6, 6.07) is 4.39. The van der Waals surface area contributed by atoms with Crippen LogP contribution in [-0.4, -0.2) is 67.1 Å². The van der Waals surface area contributed by atoms with E-state index < -0.39 is 5.92 Å². The van der Waals surface area contributed by atoms with Crippen molar-refractivity contribution in [2.75, 3.05) is 26.2 Å². The molecule has 0 atom stereocenters. The van der Waals surface area contributed by atoms with Gasteiger partial charge in [0.1, 0.15) is 6.26 Å². The van der Waals surface area contributed by atoms with Crippen LogP contribution >= 0.6 is 0 Å². The molecule has 1 aliphatic heterocycles. The highest BCUT2D eigenvalue weighted by Crippen LogP contribution is 2.29. The molecular formula is C23H27F2N7O2. The first-order valence-electron chi connectivity index (χ1n) is 11.0. The molecule has 1 saturated heterocycles. The van der Waals surface area contributed by atoms with Gasteiger partial charge in [-0.05, 0) is 35.4 Å². The smallest absolute Gasteiger partial charge is 0.270 e. The number of nitrogens with zero attached hydrogens (tertiary/aromatic N) is 7. The monoisotopic (exact) mass is 471 g/mol. The second-order valence-electron chi connectivity index (χ2n) is 8.46. The normalized spacial score (nSPS) is 15.4. The summed E-state index contributed by atoms with van der Waals surface area (Å²) in [6.45, 7) is 7.86. The van der Waals surface area contributed by atoms with Gasteiger partial charge in [0.2, 0.25) is 5.91 Å². The minimum absolute atomic E-state index is 0.110. The summed E-state index contributed by atoms with van der Waals surface area (Å²) in [5, 5.41) is 11.9. The van der Waals surface area contributed by atoms with Gasteiger partial charge in [-0.1, -0.05) is 12.1 Å². The third-order valence-electron chi connectivity index (χ3n) is 5.66. The number of aromatic nitrogens is 5. The number of carbonyl (C=O) groups is 1. The Labute approximate surface area is 196 Å². The van der Waals surface area contributed by atoms with Gasteiger partial charge in [-0.3, -0.25) is 9.69 Å². The highest BCUT2D eigenvalue weighted by Gasteiger charge is 2.25. The largest absolute Gasteiger partial charge is 0.449 e. The Bertz CT molecular complexity index is 1170. The number of rotatable bonds is 7. The van der Waals surface area contributed by atoms with Crippen LogP contribution in [0, 0.1) is 13.8 Å². The van der Waals surface area contributed by atoms with Gasteiger partial charge in [-0.15, -0.1) is 10.2 Å². The van der Waals surface area contributed by atoms with Crippen LogP contribution in [0.5, 0.6) is 0 Å². The number of benzene rings is 1. The molecule has 11 heteroatoms. The first kappa shape index (κ1) is 23.7. The average molecular weight is 472 g/mol. The molecule has 3 heterocycles. The molecule has 0 bridgehead atoms. The van der Waals surface area contributed by atoms with Crippen LogP contribution < -0.4 is 0 Å². The molecule has 0 radical (unpaired) electrons. The molecule has 3 aromatic rings. The minimum atomic E-state index is -2.98. The van der Waals surface area contributed by atoms with Crippen molar-refractivity contribution in [1.82, 2.24) is 35.0 Å². The quantitative estimate of drug-likeness (QED) is 0.489. The van der Waals surface area contributed by atoms with E-state index in [2.05, 4.69) is 25.3 Å². The first-order valence-corrected chi connectivity index (χ1v) is 11.0. The molecule has 0 unspecified atom stereocenters. The second kappa shape index (κ2) is 9.80. The molecule has 34 heavy (non-hydrogen) atoms. The van der Waals surface area contributed by atoms with Gasteiger partial charge >= 0.3 is 0 Å². The molecule has 1 aliphatic rings. The SMILES string of the molecule is Cc1nnn(Cc2cc(C(C)(F)F)ccc2C=CC(=O)N2CCN(Cc3coc(C)n3)CC2)n1. The summed E-state index contributed by atoms with van der Waals surface area (Å²) in [7, 11) is 0. The third-order valence-corrected chi connectivity index (χ3v) is 5.66. The highest BCUT2D eigenvalue weighted by atomic mass is 19.3. The van der Waals surface area contributed by atoms with Crippen molar-refractivity contribution in [3.8, 4) is 0 Å². The number of hydrogen-bond donors (Lipinski definition) is 0. The fourth-order valence-corrected chi connectivity index (χ4v) is 3.82. The van der Waals surface area contributed by atoms with Crippen LogP contribution in [0.25, 0.3) is 6.08 Å². The van der Waals surface area contributed by atoms with E-state index in [1.165, 1.54) is 23.0 Å². The van der Waals surface area contributed by atoms with Gasteiger partial charge in [0.15, 0.2) is 11.7 Å². The Morgan fingerprint density at radius 2 is 1.94 bits per heavy atom. The van der Waals surface area contributed by atoms with Gasteiger partial charge in [-0.25, -0.2) is 13.8 Å². The van der Waals surface area contributed by atoms with E-state index in [0.29, 0.717) is 42.5 Å². The highest BCUT2D eigenvalue weighted by molar-refractivity contribution is 5.92. The summed E-state index contributed by atoms with van der Waals surface area (Å²) >= 11 is 0. The van der Waals surface area contributed by atoms with E-state index in [1.54, 1.807) is 30.2 Å². The number of alkyl halides is 2. The lowest BCUT2D eigenvalue weighted by Gasteiger charge is -2.33.